The maximum atomic E-state index is 11.6. The van der Waals surface area contributed by atoms with Crippen LogP contribution < -0.4 is 5.56 Å². The third-order valence-corrected chi connectivity index (χ3v) is 2.64. The number of rotatable bonds is 0. The molecule has 0 unspecified atom stereocenters. The van der Waals surface area contributed by atoms with Crippen molar-refractivity contribution in [3.8, 4) is 0 Å². The van der Waals surface area contributed by atoms with Gasteiger partial charge in [0.15, 0.2) is 5.82 Å². The van der Waals surface area contributed by atoms with E-state index in [0.29, 0.717) is 22.9 Å². The number of hydrogen-bond donors (Lipinski definition) is 0. The molecule has 1 aliphatic heterocycles. The molecule has 1 aliphatic rings. The zero-order valence-electron chi connectivity index (χ0n) is 7.64. The molecule has 5 heteroatoms. The average Bonchev–Trinajstić information content (AvgIpc) is 2.66. The number of benzene rings is 1. The van der Waals surface area contributed by atoms with E-state index in [4.69, 9.17) is 11.6 Å². The van der Waals surface area contributed by atoms with Crippen LogP contribution in [-0.2, 0) is 6.67 Å². The molecule has 4 nitrogen and oxygen atoms in total. The van der Waals surface area contributed by atoms with Gasteiger partial charge in [0.25, 0.3) is 5.56 Å². The van der Waals surface area contributed by atoms with Crippen molar-refractivity contribution < 1.29 is 0 Å². The van der Waals surface area contributed by atoms with Gasteiger partial charge < -0.3 is 4.57 Å². The van der Waals surface area contributed by atoms with E-state index in [0.717, 1.165) is 5.52 Å². The molecule has 0 saturated carbocycles. The van der Waals surface area contributed by atoms with Crippen LogP contribution in [0.2, 0.25) is 5.02 Å². The summed E-state index contributed by atoms with van der Waals surface area (Å²) < 4.78 is 1.88. The van der Waals surface area contributed by atoms with Crippen molar-refractivity contribution in [1.29, 1.82) is 0 Å². The number of aromatic nitrogens is 2. The molecule has 1 aromatic carbocycles. The largest absolute Gasteiger partial charge is 0.304 e. The summed E-state index contributed by atoms with van der Waals surface area (Å²) in [6.07, 6.45) is 1.61. The first-order valence-electron chi connectivity index (χ1n) is 4.45. The lowest BCUT2D eigenvalue weighted by Crippen LogP contribution is -2.15. The number of fused-ring (bicyclic) bond motifs is 3. The van der Waals surface area contributed by atoms with Crippen LogP contribution >= 0.6 is 11.6 Å². The molecule has 0 atom stereocenters. The standard InChI is InChI=1S/C10H6ClN3O/c11-6-1-2-8-7(3-6)10(15)13-9-4-12-5-14(8)9/h1-4H,5H2. The minimum Gasteiger partial charge on any atom is -0.304 e. The molecule has 3 rings (SSSR count). The summed E-state index contributed by atoms with van der Waals surface area (Å²) in [5, 5.41) is 1.08. The molecule has 1 aromatic heterocycles. The maximum Gasteiger partial charge on any atom is 0.281 e. The molecule has 0 spiro atoms. The summed E-state index contributed by atoms with van der Waals surface area (Å²) in [6, 6.07) is 5.21. The highest BCUT2D eigenvalue weighted by Crippen LogP contribution is 2.18. The molecule has 0 fully saturated rings. The zero-order valence-corrected chi connectivity index (χ0v) is 8.40. The number of nitrogens with zero attached hydrogens (tertiary/aromatic N) is 3. The van der Waals surface area contributed by atoms with E-state index in [1.54, 1.807) is 18.3 Å². The van der Waals surface area contributed by atoms with Crippen LogP contribution in [0.5, 0.6) is 0 Å². The van der Waals surface area contributed by atoms with Gasteiger partial charge >= 0.3 is 0 Å². The number of halogens is 1. The SMILES string of the molecule is O=c1nc2n(c3ccc(Cl)cc13)CN=C2. The highest BCUT2D eigenvalue weighted by molar-refractivity contribution is 6.31. The molecular formula is C10H6ClN3O. The smallest absolute Gasteiger partial charge is 0.281 e. The first kappa shape index (κ1) is 8.61. The molecular weight excluding hydrogens is 214 g/mol. The Labute approximate surface area is 89.8 Å². The van der Waals surface area contributed by atoms with Crippen LogP contribution in [0.3, 0.4) is 0 Å². The first-order valence-corrected chi connectivity index (χ1v) is 4.83. The molecule has 0 amide bonds. The van der Waals surface area contributed by atoms with Crippen molar-refractivity contribution in [2.24, 2.45) is 4.99 Å². The van der Waals surface area contributed by atoms with E-state index < -0.39 is 0 Å². The van der Waals surface area contributed by atoms with Crippen LogP contribution in [0, 0.1) is 0 Å². The van der Waals surface area contributed by atoms with Crippen LogP contribution in [0.15, 0.2) is 28.0 Å². The Hall–Kier alpha value is -1.68. The molecule has 0 aliphatic carbocycles. The van der Waals surface area contributed by atoms with Crippen molar-refractivity contribution in [3.63, 3.8) is 0 Å². The highest BCUT2D eigenvalue weighted by Gasteiger charge is 2.12. The van der Waals surface area contributed by atoms with E-state index >= 15 is 0 Å². The van der Waals surface area contributed by atoms with Crippen LogP contribution in [0.1, 0.15) is 5.82 Å². The first-order chi connectivity index (χ1) is 7.25. The lowest BCUT2D eigenvalue weighted by atomic mass is 10.2. The predicted octanol–water partition coefficient (Wildman–Crippen LogP) is 1.44. The van der Waals surface area contributed by atoms with Gasteiger partial charge in [0, 0.05) is 5.02 Å². The Bertz CT molecular complexity index is 645. The van der Waals surface area contributed by atoms with Gasteiger partial charge in [0.05, 0.1) is 17.1 Å². The molecule has 15 heavy (non-hydrogen) atoms. The van der Waals surface area contributed by atoms with Gasteiger partial charge in [-0.3, -0.25) is 9.79 Å². The van der Waals surface area contributed by atoms with Crippen molar-refractivity contribution >= 4 is 28.7 Å². The van der Waals surface area contributed by atoms with Gasteiger partial charge in [0.1, 0.15) is 6.67 Å². The van der Waals surface area contributed by atoms with Gasteiger partial charge in [-0.15, -0.1) is 0 Å². The Balaban J connectivity index is 2.52. The maximum absolute atomic E-state index is 11.6. The van der Waals surface area contributed by atoms with Crippen molar-refractivity contribution in [2.75, 3.05) is 0 Å². The fraction of sp³-hybridized carbons (Fsp3) is 0.100. The van der Waals surface area contributed by atoms with E-state index in [2.05, 4.69) is 9.98 Å². The average molecular weight is 220 g/mol. The molecule has 74 valence electrons. The lowest BCUT2D eigenvalue weighted by molar-refractivity contribution is 0.767. The van der Waals surface area contributed by atoms with Gasteiger partial charge in [-0.2, -0.15) is 4.98 Å². The Morgan fingerprint density at radius 3 is 3.13 bits per heavy atom. The summed E-state index contributed by atoms with van der Waals surface area (Å²) in [5.74, 6) is 0.606. The summed E-state index contributed by atoms with van der Waals surface area (Å²) in [6.45, 7) is 0.515. The normalized spacial score (nSPS) is 13.4. The van der Waals surface area contributed by atoms with E-state index in [1.165, 1.54) is 0 Å². The molecule has 2 heterocycles. The summed E-state index contributed by atoms with van der Waals surface area (Å²) >= 11 is 5.83. The summed E-state index contributed by atoms with van der Waals surface area (Å²) in [5.41, 5.74) is 0.569. The van der Waals surface area contributed by atoms with Gasteiger partial charge in [0.2, 0.25) is 0 Å². The van der Waals surface area contributed by atoms with Crippen molar-refractivity contribution in [1.82, 2.24) is 9.55 Å². The zero-order chi connectivity index (χ0) is 10.4. The van der Waals surface area contributed by atoms with Crippen molar-refractivity contribution in [2.45, 2.75) is 6.67 Å². The monoisotopic (exact) mass is 219 g/mol. The van der Waals surface area contributed by atoms with Gasteiger partial charge in [-0.25, -0.2) is 0 Å². The molecule has 2 aromatic rings. The summed E-state index contributed by atoms with van der Waals surface area (Å²) in [7, 11) is 0. The molecule has 0 bridgehead atoms. The van der Waals surface area contributed by atoms with Crippen molar-refractivity contribution in [3.05, 3.63) is 39.4 Å². The summed E-state index contributed by atoms with van der Waals surface area (Å²) in [4.78, 5) is 19.6. The van der Waals surface area contributed by atoms with E-state index in [9.17, 15) is 4.79 Å². The fourth-order valence-electron chi connectivity index (χ4n) is 1.71. The third-order valence-electron chi connectivity index (χ3n) is 2.40. The Morgan fingerprint density at radius 1 is 1.40 bits per heavy atom. The Kier molecular flexibility index (Phi) is 1.67. The lowest BCUT2D eigenvalue weighted by Gasteiger charge is -2.06. The second kappa shape index (κ2) is 2.90. The second-order valence-corrected chi connectivity index (χ2v) is 3.75. The molecule has 0 N–H and O–H groups in total. The van der Waals surface area contributed by atoms with Gasteiger partial charge in [-0.1, -0.05) is 11.6 Å². The third kappa shape index (κ3) is 1.18. The predicted molar refractivity (Wildman–Crippen MR) is 58.6 cm³/mol. The van der Waals surface area contributed by atoms with Crippen LogP contribution in [-0.4, -0.2) is 15.8 Å². The van der Waals surface area contributed by atoms with Gasteiger partial charge in [-0.05, 0) is 18.2 Å². The van der Waals surface area contributed by atoms with E-state index in [-0.39, 0.29) is 5.56 Å². The highest BCUT2D eigenvalue weighted by atomic mass is 35.5. The number of hydrogen-bond acceptors (Lipinski definition) is 3. The molecule has 0 saturated heterocycles. The second-order valence-electron chi connectivity index (χ2n) is 3.32. The van der Waals surface area contributed by atoms with Crippen LogP contribution in [0.25, 0.3) is 10.9 Å². The minimum atomic E-state index is -0.257. The van der Waals surface area contributed by atoms with Crippen LogP contribution in [0.4, 0.5) is 0 Å². The topological polar surface area (TPSA) is 47.2 Å². The number of aliphatic imine (C=N–C) groups is 1. The quantitative estimate of drug-likeness (QED) is 0.673. The molecule has 0 radical (unpaired) electrons. The van der Waals surface area contributed by atoms with E-state index in [1.807, 2.05) is 10.6 Å². The fourth-order valence-corrected chi connectivity index (χ4v) is 1.89. The Morgan fingerprint density at radius 2 is 2.27 bits per heavy atom. The minimum absolute atomic E-state index is 0.257.